The first-order valence-corrected chi connectivity index (χ1v) is 7.59. The van der Waals surface area contributed by atoms with E-state index in [9.17, 15) is 18.0 Å². The van der Waals surface area contributed by atoms with Gasteiger partial charge in [-0.15, -0.1) is 0 Å². The molecule has 1 aliphatic rings. The molecule has 1 atom stereocenters. The molecular formula is C15H20F3N3O3. The van der Waals surface area contributed by atoms with Crippen molar-refractivity contribution < 1.29 is 27.4 Å². The van der Waals surface area contributed by atoms with Gasteiger partial charge in [-0.2, -0.15) is 13.2 Å². The Morgan fingerprint density at radius 3 is 2.83 bits per heavy atom. The normalized spacial score (nSPS) is 16.8. The molecule has 0 bridgehead atoms. The van der Waals surface area contributed by atoms with Crippen molar-refractivity contribution in [2.45, 2.75) is 25.7 Å². The van der Waals surface area contributed by atoms with Crippen LogP contribution < -0.4 is 10.2 Å². The Hall–Kier alpha value is -1.87. The summed E-state index contributed by atoms with van der Waals surface area (Å²) in [5, 5.41) is 2.59. The molecule has 0 aliphatic carbocycles. The number of nitrogens with zero attached hydrogens (tertiary/aromatic N) is 2. The van der Waals surface area contributed by atoms with Crippen LogP contribution in [-0.2, 0) is 20.8 Å². The number of nitrogens with one attached hydrogen (secondary N) is 1. The minimum Gasteiger partial charge on any atom is -0.378 e. The van der Waals surface area contributed by atoms with Crippen molar-refractivity contribution in [3.63, 3.8) is 0 Å². The molecule has 0 spiro atoms. The number of amides is 1. The van der Waals surface area contributed by atoms with E-state index in [1.807, 2.05) is 6.07 Å². The van der Waals surface area contributed by atoms with Crippen molar-refractivity contribution in [3.05, 3.63) is 23.9 Å². The lowest BCUT2D eigenvalue weighted by molar-refractivity contribution is -0.185. The average molecular weight is 347 g/mol. The van der Waals surface area contributed by atoms with Crippen LogP contribution in [0.5, 0.6) is 0 Å². The van der Waals surface area contributed by atoms with Gasteiger partial charge in [-0.25, -0.2) is 4.98 Å². The van der Waals surface area contributed by atoms with Crippen LogP contribution in [0.25, 0.3) is 0 Å². The van der Waals surface area contributed by atoms with Crippen molar-refractivity contribution in [1.29, 1.82) is 0 Å². The van der Waals surface area contributed by atoms with E-state index in [4.69, 9.17) is 4.74 Å². The second-order valence-corrected chi connectivity index (χ2v) is 5.37. The van der Waals surface area contributed by atoms with E-state index in [0.717, 1.165) is 11.4 Å². The van der Waals surface area contributed by atoms with Crippen LogP contribution in [0, 0.1) is 0 Å². The fourth-order valence-electron chi connectivity index (χ4n) is 2.25. The number of carbonyl (C=O) groups is 1. The summed E-state index contributed by atoms with van der Waals surface area (Å²) >= 11 is 0. The van der Waals surface area contributed by atoms with Crippen molar-refractivity contribution in [3.8, 4) is 0 Å². The van der Waals surface area contributed by atoms with E-state index < -0.39 is 24.8 Å². The van der Waals surface area contributed by atoms with E-state index >= 15 is 0 Å². The highest BCUT2D eigenvalue weighted by atomic mass is 19.4. The molecule has 1 aromatic rings. The quantitative estimate of drug-likeness (QED) is 0.845. The summed E-state index contributed by atoms with van der Waals surface area (Å²) in [4.78, 5) is 18.2. The van der Waals surface area contributed by atoms with Gasteiger partial charge in [0.05, 0.1) is 13.2 Å². The number of aromatic nitrogens is 1. The smallest absolute Gasteiger partial charge is 0.378 e. The molecular weight excluding hydrogens is 327 g/mol. The fourth-order valence-corrected chi connectivity index (χ4v) is 2.25. The van der Waals surface area contributed by atoms with Crippen LogP contribution in [0.15, 0.2) is 18.3 Å². The van der Waals surface area contributed by atoms with E-state index in [0.29, 0.717) is 26.3 Å². The molecule has 24 heavy (non-hydrogen) atoms. The number of hydrogen-bond donors (Lipinski definition) is 1. The molecule has 0 radical (unpaired) electrons. The van der Waals surface area contributed by atoms with Crippen LogP contribution in [0.4, 0.5) is 19.0 Å². The van der Waals surface area contributed by atoms with Gasteiger partial charge in [0.1, 0.15) is 18.5 Å². The third-order valence-electron chi connectivity index (χ3n) is 3.50. The highest BCUT2D eigenvalue weighted by Crippen LogP contribution is 2.18. The lowest BCUT2D eigenvalue weighted by Crippen LogP contribution is -2.39. The molecule has 1 aromatic heterocycles. The van der Waals surface area contributed by atoms with Crippen molar-refractivity contribution in [2.75, 3.05) is 37.8 Å². The number of carbonyl (C=O) groups excluding carboxylic acids is 1. The van der Waals surface area contributed by atoms with Gasteiger partial charge >= 0.3 is 6.18 Å². The summed E-state index contributed by atoms with van der Waals surface area (Å²) in [6.45, 7) is 2.60. The summed E-state index contributed by atoms with van der Waals surface area (Å²) in [5.74, 6) is 0.140. The first-order valence-electron chi connectivity index (χ1n) is 7.59. The molecule has 1 fully saturated rings. The summed E-state index contributed by atoms with van der Waals surface area (Å²) in [6.07, 6.45) is -3.98. The lowest BCUT2D eigenvalue weighted by Gasteiger charge is -2.29. The maximum absolute atomic E-state index is 12.1. The van der Waals surface area contributed by atoms with Gasteiger partial charge in [0.25, 0.3) is 0 Å². The highest BCUT2D eigenvalue weighted by molar-refractivity contribution is 5.80. The maximum Gasteiger partial charge on any atom is 0.411 e. The van der Waals surface area contributed by atoms with Gasteiger partial charge in [0.15, 0.2) is 0 Å². The number of rotatable bonds is 6. The summed E-state index contributed by atoms with van der Waals surface area (Å²) < 4.78 is 46.1. The Balaban J connectivity index is 1.90. The zero-order valence-electron chi connectivity index (χ0n) is 13.3. The standard InChI is InChI=1S/C15H20F3N3O3/c1-11(24-10-15(16,17)18)14(22)20-9-12-3-2-4-19-13(12)21-5-7-23-8-6-21/h2-4,11H,5-10H2,1H3,(H,20,22)/t11-/m0/s1. The predicted molar refractivity (Wildman–Crippen MR) is 80.6 cm³/mol. The van der Waals surface area contributed by atoms with E-state index in [2.05, 4.69) is 19.9 Å². The Morgan fingerprint density at radius 1 is 1.46 bits per heavy atom. The van der Waals surface area contributed by atoms with Crippen LogP contribution >= 0.6 is 0 Å². The van der Waals surface area contributed by atoms with Crippen LogP contribution in [-0.4, -0.2) is 56.1 Å². The number of hydrogen-bond acceptors (Lipinski definition) is 5. The topological polar surface area (TPSA) is 63.7 Å². The number of anilines is 1. The molecule has 1 N–H and O–H groups in total. The number of morpholine rings is 1. The zero-order chi connectivity index (χ0) is 17.6. The Morgan fingerprint density at radius 2 is 2.17 bits per heavy atom. The van der Waals surface area contributed by atoms with E-state index in [1.54, 1.807) is 12.3 Å². The molecule has 2 rings (SSSR count). The molecule has 0 saturated carbocycles. The van der Waals surface area contributed by atoms with Crippen molar-refractivity contribution in [2.24, 2.45) is 0 Å². The summed E-state index contributed by atoms with van der Waals surface area (Å²) in [5.41, 5.74) is 0.788. The van der Waals surface area contributed by atoms with Crippen molar-refractivity contribution in [1.82, 2.24) is 10.3 Å². The molecule has 6 nitrogen and oxygen atoms in total. The molecule has 2 heterocycles. The number of pyridine rings is 1. The lowest BCUT2D eigenvalue weighted by atomic mass is 10.2. The van der Waals surface area contributed by atoms with Gasteiger partial charge in [0.2, 0.25) is 5.91 Å². The van der Waals surface area contributed by atoms with Crippen LogP contribution in [0.2, 0.25) is 0 Å². The Kier molecular flexibility index (Phi) is 6.38. The molecule has 1 saturated heterocycles. The molecule has 0 aromatic carbocycles. The largest absolute Gasteiger partial charge is 0.411 e. The molecule has 134 valence electrons. The van der Waals surface area contributed by atoms with Crippen LogP contribution in [0.3, 0.4) is 0 Å². The first-order chi connectivity index (χ1) is 11.4. The monoisotopic (exact) mass is 347 g/mol. The molecule has 0 unspecified atom stereocenters. The number of alkyl halides is 3. The van der Waals surface area contributed by atoms with E-state index in [-0.39, 0.29) is 6.54 Å². The van der Waals surface area contributed by atoms with Gasteiger partial charge in [-0.1, -0.05) is 6.07 Å². The predicted octanol–water partition coefficient (Wildman–Crippen LogP) is 1.50. The van der Waals surface area contributed by atoms with Gasteiger partial charge in [-0.05, 0) is 13.0 Å². The summed E-state index contributed by atoms with van der Waals surface area (Å²) in [6, 6.07) is 3.56. The van der Waals surface area contributed by atoms with Crippen molar-refractivity contribution >= 4 is 11.7 Å². The Labute approximate surface area is 137 Å². The summed E-state index contributed by atoms with van der Waals surface area (Å²) in [7, 11) is 0. The molecule has 1 aliphatic heterocycles. The van der Waals surface area contributed by atoms with Gasteiger partial charge in [-0.3, -0.25) is 4.79 Å². The SMILES string of the molecule is C[C@H](OCC(F)(F)F)C(=O)NCc1cccnc1N1CCOCC1. The van der Waals surface area contributed by atoms with Gasteiger partial charge in [0, 0.05) is 31.4 Å². The first kappa shape index (κ1) is 18.5. The zero-order valence-corrected chi connectivity index (χ0v) is 13.3. The molecule has 9 heteroatoms. The molecule has 1 amide bonds. The second-order valence-electron chi connectivity index (χ2n) is 5.37. The third-order valence-corrected chi connectivity index (χ3v) is 3.50. The second kappa shape index (κ2) is 8.29. The van der Waals surface area contributed by atoms with Crippen LogP contribution in [0.1, 0.15) is 12.5 Å². The van der Waals surface area contributed by atoms with Gasteiger partial charge < -0.3 is 19.7 Å². The minimum atomic E-state index is -4.46. The number of halogens is 3. The third kappa shape index (κ3) is 5.64. The van der Waals surface area contributed by atoms with E-state index in [1.165, 1.54) is 6.92 Å². The minimum absolute atomic E-state index is 0.166. The fraction of sp³-hybridized carbons (Fsp3) is 0.600. The Bertz CT molecular complexity index is 548. The maximum atomic E-state index is 12.1. The average Bonchev–Trinajstić information content (AvgIpc) is 2.58. The highest BCUT2D eigenvalue weighted by Gasteiger charge is 2.30. The number of ether oxygens (including phenoxy) is 2.